The molecule has 1 heterocycles. The fraction of sp³-hybridized carbons (Fsp3) is 0.412. The van der Waals surface area contributed by atoms with Gasteiger partial charge in [0.2, 0.25) is 11.8 Å². The first-order valence-corrected chi connectivity index (χ1v) is 8.09. The number of amides is 2. The second-order valence-electron chi connectivity index (χ2n) is 5.79. The summed E-state index contributed by atoms with van der Waals surface area (Å²) in [5, 5.41) is 3.42. The molecule has 3 rings (SSSR count). The first kappa shape index (κ1) is 15.1. The fourth-order valence-corrected chi connectivity index (χ4v) is 3.27. The Bertz CT molecular complexity index is 627. The number of carbonyl (C=O) groups is 2. The average Bonchev–Trinajstić information content (AvgIpc) is 2.94. The SMILES string of the molecule is O=C(Nc1ccc(N2CCCC2=O)c(Cl)c1)[C@@H]1CC=CCC1. The number of nitrogens with zero attached hydrogens (tertiary/aromatic N) is 1. The zero-order valence-electron chi connectivity index (χ0n) is 12.3. The fourth-order valence-electron chi connectivity index (χ4n) is 2.98. The molecule has 116 valence electrons. The van der Waals surface area contributed by atoms with Gasteiger partial charge in [0.05, 0.1) is 10.7 Å². The molecule has 1 atom stereocenters. The Labute approximate surface area is 135 Å². The number of hydrogen-bond donors (Lipinski definition) is 1. The second-order valence-corrected chi connectivity index (χ2v) is 6.19. The molecular formula is C17H19ClN2O2. The van der Waals surface area contributed by atoms with Crippen LogP contribution in [0.2, 0.25) is 5.02 Å². The molecule has 0 saturated carbocycles. The molecule has 1 aromatic carbocycles. The number of hydrogen-bond acceptors (Lipinski definition) is 2. The first-order valence-electron chi connectivity index (χ1n) is 7.71. The normalized spacial score (nSPS) is 21.2. The van der Waals surface area contributed by atoms with Crippen LogP contribution in [0.4, 0.5) is 11.4 Å². The Hall–Kier alpha value is -1.81. The van der Waals surface area contributed by atoms with Gasteiger partial charge in [-0.2, -0.15) is 0 Å². The maximum Gasteiger partial charge on any atom is 0.227 e. The lowest BCUT2D eigenvalue weighted by Crippen LogP contribution is -2.25. The standard InChI is InChI=1S/C17H19ClN2O2/c18-14-11-13(19-17(22)12-5-2-1-3-6-12)8-9-15(14)20-10-4-7-16(20)21/h1-2,8-9,11-12H,3-7,10H2,(H,19,22)/t12-/m1/s1. The molecule has 0 aromatic heterocycles. The Balaban J connectivity index is 1.70. The molecule has 1 saturated heterocycles. The van der Waals surface area contributed by atoms with Crippen molar-refractivity contribution in [3.05, 3.63) is 35.4 Å². The Morgan fingerprint density at radius 3 is 2.82 bits per heavy atom. The number of carbonyl (C=O) groups excluding carboxylic acids is 2. The van der Waals surface area contributed by atoms with Gasteiger partial charge in [0, 0.05) is 24.6 Å². The largest absolute Gasteiger partial charge is 0.326 e. The summed E-state index contributed by atoms with van der Waals surface area (Å²) in [5.41, 5.74) is 1.41. The third-order valence-corrected chi connectivity index (χ3v) is 4.52. The van der Waals surface area contributed by atoms with Crippen LogP contribution in [0.3, 0.4) is 0 Å². The summed E-state index contributed by atoms with van der Waals surface area (Å²) in [6, 6.07) is 5.34. The third kappa shape index (κ3) is 3.17. The molecule has 0 spiro atoms. The van der Waals surface area contributed by atoms with Gasteiger partial charge in [-0.3, -0.25) is 9.59 Å². The topological polar surface area (TPSA) is 49.4 Å². The minimum absolute atomic E-state index is 0.0311. The van der Waals surface area contributed by atoms with Gasteiger partial charge in [0.1, 0.15) is 0 Å². The van der Waals surface area contributed by atoms with E-state index in [2.05, 4.69) is 17.5 Å². The summed E-state index contributed by atoms with van der Waals surface area (Å²) < 4.78 is 0. The molecule has 0 bridgehead atoms. The smallest absolute Gasteiger partial charge is 0.227 e. The van der Waals surface area contributed by atoms with Crippen LogP contribution in [0.1, 0.15) is 32.1 Å². The quantitative estimate of drug-likeness (QED) is 0.863. The minimum Gasteiger partial charge on any atom is -0.326 e. The number of allylic oxidation sites excluding steroid dienone is 2. The van der Waals surface area contributed by atoms with E-state index < -0.39 is 0 Å². The highest BCUT2D eigenvalue weighted by Crippen LogP contribution is 2.32. The van der Waals surface area contributed by atoms with Crippen molar-refractivity contribution in [1.82, 2.24) is 0 Å². The monoisotopic (exact) mass is 318 g/mol. The molecule has 4 nitrogen and oxygen atoms in total. The van der Waals surface area contributed by atoms with E-state index in [1.807, 2.05) is 12.1 Å². The predicted molar refractivity (Wildman–Crippen MR) is 88.1 cm³/mol. The summed E-state index contributed by atoms with van der Waals surface area (Å²) in [4.78, 5) is 25.7. The van der Waals surface area contributed by atoms with Crippen molar-refractivity contribution in [3.8, 4) is 0 Å². The highest BCUT2D eigenvalue weighted by molar-refractivity contribution is 6.34. The van der Waals surface area contributed by atoms with Gasteiger partial charge in [0.15, 0.2) is 0 Å². The van der Waals surface area contributed by atoms with Gasteiger partial charge < -0.3 is 10.2 Å². The van der Waals surface area contributed by atoms with Crippen molar-refractivity contribution in [3.63, 3.8) is 0 Å². The van der Waals surface area contributed by atoms with Crippen LogP contribution in [0.25, 0.3) is 0 Å². The van der Waals surface area contributed by atoms with E-state index >= 15 is 0 Å². The molecule has 1 aliphatic carbocycles. The van der Waals surface area contributed by atoms with Gasteiger partial charge in [-0.15, -0.1) is 0 Å². The van der Waals surface area contributed by atoms with Crippen molar-refractivity contribution in [1.29, 1.82) is 0 Å². The van der Waals surface area contributed by atoms with Crippen molar-refractivity contribution in [2.24, 2.45) is 5.92 Å². The third-order valence-electron chi connectivity index (χ3n) is 4.22. The van der Waals surface area contributed by atoms with Crippen LogP contribution in [0, 0.1) is 5.92 Å². The highest BCUT2D eigenvalue weighted by Gasteiger charge is 2.24. The maximum absolute atomic E-state index is 12.2. The van der Waals surface area contributed by atoms with E-state index in [4.69, 9.17) is 11.6 Å². The lowest BCUT2D eigenvalue weighted by molar-refractivity contribution is -0.120. The zero-order valence-corrected chi connectivity index (χ0v) is 13.1. The Kier molecular flexibility index (Phi) is 4.48. The van der Waals surface area contributed by atoms with Crippen LogP contribution >= 0.6 is 11.6 Å². The molecule has 0 unspecified atom stereocenters. The van der Waals surface area contributed by atoms with Crippen LogP contribution in [0.5, 0.6) is 0 Å². The summed E-state index contributed by atoms with van der Waals surface area (Å²) >= 11 is 6.29. The van der Waals surface area contributed by atoms with Crippen molar-refractivity contribution >= 4 is 34.8 Å². The van der Waals surface area contributed by atoms with Gasteiger partial charge in [0.25, 0.3) is 0 Å². The first-order chi connectivity index (χ1) is 10.6. The van der Waals surface area contributed by atoms with Crippen molar-refractivity contribution in [2.75, 3.05) is 16.8 Å². The van der Waals surface area contributed by atoms with E-state index in [9.17, 15) is 9.59 Å². The maximum atomic E-state index is 12.2. The molecule has 1 N–H and O–H groups in total. The number of halogens is 1. The summed E-state index contributed by atoms with van der Waals surface area (Å²) in [7, 11) is 0. The van der Waals surface area contributed by atoms with E-state index in [0.29, 0.717) is 23.7 Å². The van der Waals surface area contributed by atoms with Gasteiger partial charge >= 0.3 is 0 Å². The molecule has 2 aliphatic rings. The van der Waals surface area contributed by atoms with E-state index in [0.717, 1.165) is 31.4 Å². The van der Waals surface area contributed by atoms with Crippen LogP contribution in [-0.4, -0.2) is 18.4 Å². The molecule has 1 fully saturated rings. The Morgan fingerprint density at radius 1 is 1.32 bits per heavy atom. The van der Waals surface area contributed by atoms with Crippen LogP contribution in [-0.2, 0) is 9.59 Å². The second kappa shape index (κ2) is 6.53. The number of rotatable bonds is 3. The summed E-state index contributed by atoms with van der Waals surface area (Å²) in [5.74, 6) is 0.168. The number of benzene rings is 1. The molecule has 1 aliphatic heterocycles. The molecule has 1 aromatic rings. The minimum atomic E-state index is 0.0311. The Morgan fingerprint density at radius 2 is 2.18 bits per heavy atom. The highest BCUT2D eigenvalue weighted by atomic mass is 35.5. The van der Waals surface area contributed by atoms with Crippen LogP contribution < -0.4 is 10.2 Å². The van der Waals surface area contributed by atoms with Crippen molar-refractivity contribution < 1.29 is 9.59 Å². The lowest BCUT2D eigenvalue weighted by atomic mass is 9.93. The molecule has 2 amide bonds. The van der Waals surface area contributed by atoms with Gasteiger partial charge in [-0.05, 0) is 43.9 Å². The summed E-state index contributed by atoms with van der Waals surface area (Å²) in [6.07, 6.45) is 8.24. The van der Waals surface area contributed by atoms with E-state index in [1.165, 1.54) is 0 Å². The van der Waals surface area contributed by atoms with E-state index in [-0.39, 0.29) is 17.7 Å². The predicted octanol–water partition coefficient (Wildman–Crippen LogP) is 3.76. The van der Waals surface area contributed by atoms with Crippen molar-refractivity contribution in [2.45, 2.75) is 32.1 Å². The molecule has 22 heavy (non-hydrogen) atoms. The van der Waals surface area contributed by atoms with Gasteiger partial charge in [-0.1, -0.05) is 23.8 Å². The van der Waals surface area contributed by atoms with Crippen LogP contribution in [0.15, 0.2) is 30.4 Å². The van der Waals surface area contributed by atoms with Gasteiger partial charge in [-0.25, -0.2) is 0 Å². The average molecular weight is 319 g/mol. The zero-order chi connectivity index (χ0) is 15.5. The number of nitrogens with one attached hydrogen (secondary N) is 1. The summed E-state index contributed by atoms with van der Waals surface area (Å²) in [6.45, 7) is 0.707. The molecular weight excluding hydrogens is 300 g/mol. The number of anilines is 2. The molecule has 0 radical (unpaired) electrons. The molecule has 5 heteroatoms. The lowest BCUT2D eigenvalue weighted by Gasteiger charge is -2.20. The van der Waals surface area contributed by atoms with E-state index in [1.54, 1.807) is 11.0 Å².